The Morgan fingerprint density at radius 1 is 0.792 bits per heavy atom. The van der Waals surface area contributed by atoms with Crippen LogP contribution in [0.5, 0.6) is 11.5 Å². The van der Waals surface area contributed by atoms with Crippen molar-refractivity contribution in [1.82, 2.24) is 0 Å². The summed E-state index contributed by atoms with van der Waals surface area (Å²) in [6.45, 7) is 4.08. The summed E-state index contributed by atoms with van der Waals surface area (Å²) in [5.74, 6) is -1.33. The second-order valence-corrected chi connectivity index (χ2v) is 6.19. The van der Waals surface area contributed by atoms with Crippen LogP contribution in [0, 0.1) is 0 Å². The van der Waals surface area contributed by atoms with Gasteiger partial charge in [-0.3, -0.25) is 9.59 Å². The molecule has 2 aromatic rings. The van der Waals surface area contributed by atoms with Crippen LogP contribution in [-0.4, -0.2) is 21.8 Å². The quantitative estimate of drug-likeness (QED) is 0.716. The summed E-state index contributed by atoms with van der Waals surface area (Å²) in [5, 5.41) is 20.1. The van der Waals surface area contributed by atoms with Crippen LogP contribution >= 0.6 is 0 Å². The van der Waals surface area contributed by atoms with Gasteiger partial charge in [0.15, 0.2) is 11.6 Å². The molecule has 0 bridgehead atoms. The highest BCUT2D eigenvalue weighted by Crippen LogP contribution is 2.39. The fourth-order valence-corrected chi connectivity index (χ4v) is 3.41. The lowest BCUT2D eigenvalue weighted by Gasteiger charge is -2.22. The number of hydrogen-bond acceptors (Lipinski definition) is 4. The zero-order valence-corrected chi connectivity index (χ0v) is 13.8. The third kappa shape index (κ3) is 2.39. The molecule has 0 heterocycles. The van der Waals surface area contributed by atoms with E-state index in [1.165, 1.54) is 12.1 Å². The molecule has 0 atom stereocenters. The number of benzene rings is 2. The van der Waals surface area contributed by atoms with Crippen molar-refractivity contribution in [2.24, 2.45) is 0 Å². The summed E-state index contributed by atoms with van der Waals surface area (Å²) in [5.41, 5.74) is 2.38. The van der Waals surface area contributed by atoms with E-state index in [1.807, 2.05) is 13.0 Å². The number of carbonyl (C=O) groups is 2. The van der Waals surface area contributed by atoms with E-state index < -0.39 is 5.78 Å². The van der Waals surface area contributed by atoms with Gasteiger partial charge in [0.2, 0.25) is 0 Å². The largest absolute Gasteiger partial charge is 0.507 e. The molecule has 1 aliphatic rings. The molecule has 2 N–H and O–H groups in total. The van der Waals surface area contributed by atoms with Crippen LogP contribution in [0.4, 0.5) is 0 Å². The topological polar surface area (TPSA) is 74.6 Å². The van der Waals surface area contributed by atoms with Crippen LogP contribution in [0.15, 0.2) is 24.3 Å². The van der Waals surface area contributed by atoms with E-state index >= 15 is 0 Å². The molecule has 3 rings (SSSR count). The van der Waals surface area contributed by atoms with E-state index in [0.29, 0.717) is 17.5 Å². The second kappa shape index (κ2) is 6.11. The minimum atomic E-state index is -0.400. The predicted octanol–water partition coefficient (Wildman–Crippen LogP) is 3.78. The fourth-order valence-electron chi connectivity index (χ4n) is 3.41. The Hall–Kier alpha value is -2.62. The maximum atomic E-state index is 13.0. The van der Waals surface area contributed by atoms with Gasteiger partial charge in [0.25, 0.3) is 0 Å². The molecule has 0 radical (unpaired) electrons. The first kappa shape index (κ1) is 16.2. The molecule has 0 amide bonds. The molecule has 124 valence electrons. The van der Waals surface area contributed by atoms with Crippen LogP contribution in [0.1, 0.15) is 69.7 Å². The van der Waals surface area contributed by atoms with Gasteiger partial charge in [-0.05, 0) is 42.2 Å². The molecule has 4 nitrogen and oxygen atoms in total. The minimum Gasteiger partial charge on any atom is -0.507 e. The monoisotopic (exact) mass is 324 g/mol. The highest BCUT2D eigenvalue weighted by Gasteiger charge is 2.36. The summed E-state index contributed by atoms with van der Waals surface area (Å²) >= 11 is 0. The Morgan fingerprint density at radius 3 is 1.96 bits per heavy atom. The van der Waals surface area contributed by atoms with Gasteiger partial charge in [-0.1, -0.05) is 32.8 Å². The summed E-state index contributed by atoms with van der Waals surface area (Å²) in [6.07, 6.45) is 3.30. The standard InChI is InChI=1S/C20H20O4/c1-3-5-11-9-12(6-4-2)16-13(10-11)19(23)17-14(21)7-8-15(22)18(17)20(16)24/h7-10,21-22H,3-6H2,1-2H3. The van der Waals surface area contributed by atoms with Gasteiger partial charge < -0.3 is 10.2 Å². The lowest BCUT2D eigenvalue weighted by atomic mass is 9.79. The van der Waals surface area contributed by atoms with Crippen LogP contribution < -0.4 is 0 Å². The average molecular weight is 324 g/mol. The fraction of sp³-hybridized carbons (Fsp3) is 0.300. The number of phenolic OH excluding ortho intramolecular Hbond substituents is 2. The SMILES string of the molecule is CCCc1cc(CCC)c2c(c1)C(=O)c1c(O)ccc(O)c1C2=O. The number of fused-ring (bicyclic) bond motifs is 2. The molecule has 0 saturated heterocycles. The highest BCUT2D eigenvalue weighted by molar-refractivity contribution is 6.30. The molecule has 0 fully saturated rings. The first-order valence-electron chi connectivity index (χ1n) is 8.29. The smallest absolute Gasteiger partial charge is 0.198 e. The minimum absolute atomic E-state index is 0.0897. The van der Waals surface area contributed by atoms with Crippen LogP contribution in [0.25, 0.3) is 0 Å². The number of carbonyl (C=O) groups excluding carboxylic acids is 2. The zero-order valence-electron chi connectivity index (χ0n) is 13.8. The van der Waals surface area contributed by atoms with E-state index in [0.717, 1.165) is 30.4 Å². The van der Waals surface area contributed by atoms with Gasteiger partial charge in [0.05, 0.1) is 11.1 Å². The second-order valence-electron chi connectivity index (χ2n) is 6.19. The van der Waals surface area contributed by atoms with Crippen molar-refractivity contribution in [2.45, 2.75) is 39.5 Å². The van der Waals surface area contributed by atoms with E-state index in [1.54, 1.807) is 6.07 Å². The van der Waals surface area contributed by atoms with Gasteiger partial charge in [0, 0.05) is 11.1 Å². The van der Waals surface area contributed by atoms with Crippen molar-refractivity contribution in [3.05, 3.63) is 57.6 Å². The molecule has 0 saturated carbocycles. The van der Waals surface area contributed by atoms with Gasteiger partial charge in [-0.15, -0.1) is 0 Å². The summed E-state index contributed by atoms with van der Waals surface area (Å²) in [7, 11) is 0. The van der Waals surface area contributed by atoms with Crippen molar-refractivity contribution >= 4 is 11.6 Å². The third-order valence-electron chi connectivity index (χ3n) is 4.42. The molecule has 0 aromatic heterocycles. The number of rotatable bonds is 4. The number of phenols is 2. The molecule has 1 aliphatic carbocycles. The summed E-state index contributed by atoms with van der Waals surface area (Å²) in [6, 6.07) is 6.23. The highest BCUT2D eigenvalue weighted by atomic mass is 16.3. The van der Waals surface area contributed by atoms with E-state index in [2.05, 4.69) is 6.92 Å². The molecule has 4 heteroatoms. The molecule has 0 spiro atoms. The molecular weight excluding hydrogens is 304 g/mol. The maximum Gasteiger partial charge on any atom is 0.198 e. The molecule has 2 aromatic carbocycles. The number of hydrogen-bond donors (Lipinski definition) is 2. The van der Waals surface area contributed by atoms with E-state index in [-0.39, 0.29) is 28.4 Å². The first-order chi connectivity index (χ1) is 11.5. The van der Waals surface area contributed by atoms with Gasteiger partial charge in [-0.25, -0.2) is 0 Å². The molecule has 24 heavy (non-hydrogen) atoms. The van der Waals surface area contributed by atoms with Crippen LogP contribution in [-0.2, 0) is 12.8 Å². The van der Waals surface area contributed by atoms with Crippen molar-refractivity contribution in [1.29, 1.82) is 0 Å². The summed E-state index contributed by atoms with van der Waals surface area (Å²) in [4.78, 5) is 25.9. The Bertz CT molecular complexity index is 849. The van der Waals surface area contributed by atoms with Gasteiger partial charge in [-0.2, -0.15) is 0 Å². The normalized spacial score (nSPS) is 12.9. The Balaban J connectivity index is 2.31. The van der Waals surface area contributed by atoms with Gasteiger partial charge in [0.1, 0.15) is 11.5 Å². The lowest BCUT2D eigenvalue weighted by molar-refractivity contribution is 0.0973. The summed E-state index contributed by atoms with van der Waals surface area (Å²) < 4.78 is 0. The maximum absolute atomic E-state index is 13.0. The number of aryl methyl sites for hydroxylation is 2. The lowest BCUT2D eigenvalue weighted by Crippen LogP contribution is -2.23. The van der Waals surface area contributed by atoms with E-state index in [9.17, 15) is 19.8 Å². The molecule has 0 unspecified atom stereocenters. The van der Waals surface area contributed by atoms with Crippen molar-refractivity contribution in [3.8, 4) is 11.5 Å². The van der Waals surface area contributed by atoms with Crippen molar-refractivity contribution < 1.29 is 19.8 Å². The first-order valence-corrected chi connectivity index (χ1v) is 8.29. The Kier molecular flexibility index (Phi) is 4.14. The Labute approximate surface area is 140 Å². The van der Waals surface area contributed by atoms with E-state index in [4.69, 9.17) is 0 Å². The number of ketones is 2. The van der Waals surface area contributed by atoms with Crippen molar-refractivity contribution in [2.75, 3.05) is 0 Å². The third-order valence-corrected chi connectivity index (χ3v) is 4.42. The predicted molar refractivity (Wildman–Crippen MR) is 91.1 cm³/mol. The number of aromatic hydroxyl groups is 2. The van der Waals surface area contributed by atoms with Crippen molar-refractivity contribution in [3.63, 3.8) is 0 Å². The van der Waals surface area contributed by atoms with Crippen LogP contribution in [0.2, 0.25) is 0 Å². The molecule has 0 aliphatic heterocycles. The van der Waals surface area contributed by atoms with Gasteiger partial charge >= 0.3 is 0 Å². The molecular formula is C20H20O4. The van der Waals surface area contributed by atoms with Crippen LogP contribution in [0.3, 0.4) is 0 Å². The Morgan fingerprint density at radius 2 is 1.38 bits per heavy atom. The average Bonchev–Trinajstić information content (AvgIpc) is 2.55. The zero-order chi connectivity index (χ0) is 17.4.